The lowest BCUT2D eigenvalue weighted by Gasteiger charge is -2.31. The fourth-order valence-corrected chi connectivity index (χ4v) is 3.96. The Balaban J connectivity index is 1.55. The lowest BCUT2D eigenvalue weighted by molar-refractivity contribution is 0.206. The summed E-state index contributed by atoms with van der Waals surface area (Å²) < 4.78 is 6.18. The number of nitrogens with zero attached hydrogens (tertiary/aromatic N) is 4. The fourth-order valence-electron chi connectivity index (χ4n) is 3.96. The second kappa shape index (κ2) is 9.57. The molecule has 5 nitrogen and oxygen atoms in total. The molecule has 0 atom stereocenters. The molecule has 0 radical (unpaired) electrons. The lowest BCUT2D eigenvalue weighted by Crippen LogP contribution is -2.27. The molecule has 1 aliphatic rings. The molecular weight excluding hydrogens is 408 g/mol. The summed E-state index contributed by atoms with van der Waals surface area (Å²) in [6, 6.07) is 12.6. The zero-order valence-electron chi connectivity index (χ0n) is 20.4. The summed E-state index contributed by atoms with van der Waals surface area (Å²) in [5.41, 5.74) is 8.65. The van der Waals surface area contributed by atoms with Gasteiger partial charge in [-0.25, -0.2) is 9.97 Å². The van der Waals surface area contributed by atoms with Crippen molar-refractivity contribution >= 4 is 5.69 Å². The van der Waals surface area contributed by atoms with Crippen LogP contribution < -0.4 is 4.90 Å². The van der Waals surface area contributed by atoms with E-state index in [1.807, 2.05) is 25.4 Å². The number of benzene rings is 1. The molecule has 0 unspecified atom stereocenters. The highest BCUT2D eigenvalue weighted by Gasteiger charge is 2.19. The third-order valence-corrected chi connectivity index (χ3v) is 5.86. The summed E-state index contributed by atoms with van der Waals surface area (Å²) in [5, 5.41) is 0. The molecule has 0 saturated heterocycles. The van der Waals surface area contributed by atoms with Crippen LogP contribution in [0, 0.1) is 13.8 Å². The molecule has 0 saturated carbocycles. The quantitative estimate of drug-likeness (QED) is 0.438. The van der Waals surface area contributed by atoms with Gasteiger partial charge in [0.25, 0.3) is 0 Å². The van der Waals surface area contributed by atoms with Crippen molar-refractivity contribution in [1.82, 2.24) is 15.0 Å². The zero-order chi connectivity index (χ0) is 23.5. The first-order valence-electron chi connectivity index (χ1n) is 11.5. The normalized spacial score (nSPS) is 14.0. The molecule has 3 aromatic rings. The minimum atomic E-state index is 0.269. The van der Waals surface area contributed by atoms with E-state index >= 15 is 0 Å². The van der Waals surface area contributed by atoms with Crippen molar-refractivity contribution in [2.75, 3.05) is 11.4 Å². The van der Waals surface area contributed by atoms with Crippen LogP contribution in [0.3, 0.4) is 0 Å². The van der Waals surface area contributed by atoms with Gasteiger partial charge in [-0.05, 0) is 62.6 Å². The predicted molar refractivity (Wildman–Crippen MR) is 134 cm³/mol. The van der Waals surface area contributed by atoms with Gasteiger partial charge < -0.3 is 9.64 Å². The van der Waals surface area contributed by atoms with Gasteiger partial charge in [0.15, 0.2) is 0 Å². The first kappa shape index (κ1) is 22.7. The molecule has 0 bridgehead atoms. The van der Waals surface area contributed by atoms with Crippen LogP contribution in [0.4, 0.5) is 5.69 Å². The molecule has 0 spiro atoms. The van der Waals surface area contributed by atoms with E-state index in [4.69, 9.17) is 9.72 Å². The molecular formula is C28H32N4O. The number of aryl methyl sites for hydroxylation is 2. The highest BCUT2D eigenvalue weighted by Crippen LogP contribution is 2.30. The maximum atomic E-state index is 6.18. The number of aromatic nitrogens is 3. The third kappa shape index (κ3) is 5.14. The van der Waals surface area contributed by atoms with Crippen LogP contribution in [0.2, 0.25) is 0 Å². The Hall–Kier alpha value is -3.47. The first-order valence-corrected chi connectivity index (χ1v) is 11.5. The van der Waals surface area contributed by atoms with E-state index in [1.165, 1.54) is 16.7 Å². The average Bonchev–Trinajstić information content (AvgIpc) is 2.79. The second-order valence-electron chi connectivity index (χ2n) is 9.11. The van der Waals surface area contributed by atoms with Crippen LogP contribution in [0.25, 0.3) is 11.4 Å². The minimum Gasteiger partial charge on any atom is -0.489 e. The van der Waals surface area contributed by atoms with E-state index in [9.17, 15) is 0 Å². The van der Waals surface area contributed by atoms with Crippen LogP contribution in [-0.2, 0) is 11.3 Å². The minimum absolute atomic E-state index is 0.269. The predicted octanol–water partition coefficient (Wildman–Crippen LogP) is 6.49. The maximum absolute atomic E-state index is 6.18. The van der Waals surface area contributed by atoms with Crippen LogP contribution in [0.15, 0.2) is 71.9 Å². The summed E-state index contributed by atoms with van der Waals surface area (Å²) in [7, 11) is 0. The van der Waals surface area contributed by atoms with E-state index in [1.54, 1.807) is 0 Å². The van der Waals surface area contributed by atoms with Crippen molar-refractivity contribution in [1.29, 1.82) is 0 Å². The van der Waals surface area contributed by atoms with Gasteiger partial charge in [0.1, 0.15) is 18.2 Å². The number of ether oxygens (including phenoxy) is 1. The standard InChI is InChI=1S/C28H32N4O/c1-18(2)28-30-15-20(4)27(31-28)25-14-24(10-11-29-25)32-16-21(5)26(13-22(32)6)33-17-23-9-7-8-19(3)12-23/h7-15,18H,16-17H2,1-6H3. The number of hydrogen-bond donors (Lipinski definition) is 0. The maximum Gasteiger partial charge on any atom is 0.131 e. The van der Waals surface area contributed by atoms with Crippen molar-refractivity contribution in [2.24, 2.45) is 0 Å². The zero-order valence-corrected chi connectivity index (χ0v) is 20.4. The molecule has 170 valence electrons. The van der Waals surface area contributed by atoms with Gasteiger partial charge in [-0.3, -0.25) is 4.98 Å². The van der Waals surface area contributed by atoms with E-state index < -0.39 is 0 Å². The monoisotopic (exact) mass is 440 g/mol. The van der Waals surface area contributed by atoms with Gasteiger partial charge in [-0.1, -0.05) is 43.7 Å². The molecule has 0 fully saturated rings. The molecule has 1 aliphatic heterocycles. The van der Waals surface area contributed by atoms with E-state index in [-0.39, 0.29) is 5.92 Å². The molecule has 1 aromatic carbocycles. The first-order chi connectivity index (χ1) is 15.8. The van der Waals surface area contributed by atoms with Gasteiger partial charge in [0, 0.05) is 36.2 Å². The summed E-state index contributed by atoms with van der Waals surface area (Å²) >= 11 is 0. The van der Waals surface area contributed by atoms with Crippen molar-refractivity contribution in [3.05, 3.63) is 94.4 Å². The van der Waals surface area contributed by atoms with Crippen molar-refractivity contribution < 1.29 is 4.74 Å². The molecule has 33 heavy (non-hydrogen) atoms. The van der Waals surface area contributed by atoms with Crippen LogP contribution in [0.5, 0.6) is 0 Å². The summed E-state index contributed by atoms with van der Waals surface area (Å²) in [4.78, 5) is 16.2. The summed E-state index contributed by atoms with van der Waals surface area (Å²) in [6.45, 7) is 13.9. The lowest BCUT2D eigenvalue weighted by atomic mass is 10.1. The van der Waals surface area contributed by atoms with E-state index in [0.29, 0.717) is 6.61 Å². The van der Waals surface area contributed by atoms with Crippen LogP contribution in [0.1, 0.15) is 56.1 Å². The number of allylic oxidation sites excluding steroid dienone is 2. The molecule has 0 N–H and O–H groups in total. The van der Waals surface area contributed by atoms with Gasteiger partial charge in [0.05, 0.1) is 11.4 Å². The second-order valence-corrected chi connectivity index (χ2v) is 9.11. The number of hydrogen-bond acceptors (Lipinski definition) is 5. The van der Waals surface area contributed by atoms with Crippen molar-refractivity contribution in [2.45, 2.75) is 54.1 Å². The number of pyridine rings is 1. The van der Waals surface area contributed by atoms with Crippen LogP contribution in [-0.4, -0.2) is 21.5 Å². The van der Waals surface area contributed by atoms with Gasteiger partial charge in [-0.2, -0.15) is 0 Å². The molecule has 0 aliphatic carbocycles. The molecule has 4 rings (SSSR count). The SMILES string of the molecule is CC1=CC(OCc2cccc(C)c2)=C(C)CN1c1ccnc(-c2nc(C(C)C)ncc2C)c1. The van der Waals surface area contributed by atoms with Gasteiger partial charge >= 0.3 is 0 Å². The summed E-state index contributed by atoms with van der Waals surface area (Å²) in [5.74, 6) is 2.06. The Kier molecular flexibility index (Phi) is 6.59. The third-order valence-electron chi connectivity index (χ3n) is 5.86. The highest BCUT2D eigenvalue weighted by molar-refractivity contribution is 5.66. The van der Waals surface area contributed by atoms with Crippen molar-refractivity contribution in [3.8, 4) is 11.4 Å². The van der Waals surface area contributed by atoms with Gasteiger partial charge in [-0.15, -0.1) is 0 Å². The largest absolute Gasteiger partial charge is 0.489 e. The van der Waals surface area contributed by atoms with Crippen molar-refractivity contribution in [3.63, 3.8) is 0 Å². The Bertz CT molecular complexity index is 1230. The fraction of sp³-hybridized carbons (Fsp3) is 0.321. The Morgan fingerprint density at radius 3 is 2.61 bits per heavy atom. The Morgan fingerprint density at radius 1 is 1.03 bits per heavy atom. The topological polar surface area (TPSA) is 51.1 Å². The molecule has 5 heteroatoms. The Morgan fingerprint density at radius 2 is 1.85 bits per heavy atom. The number of anilines is 1. The van der Waals surface area contributed by atoms with Gasteiger partial charge in [0.2, 0.25) is 0 Å². The molecule has 3 heterocycles. The van der Waals surface area contributed by atoms with E-state index in [0.717, 1.165) is 46.5 Å². The smallest absolute Gasteiger partial charge is 0.131 e. The van der Waals surface area contributed by atoms with Crippen LogP contribution >= 0.6 is 0 Å². The molecule has 2 aromatic heterocycles. The average molecular weight is 441 g/mol. The van der Waals surface area contributed by atoms with E-state index in [2.05, 4.69) is 85.9 Å². The number of rotatable bonds is 6. The summed E-state index contributed by atoms with van der Waals surface area (Å²) in [6.07, 6.45) is 5.88. The highest BCUT2D eigenvalue weighted by atomic mass is 16.5. The Labute approximate surface area is 196 Å². The molecule has 0 amide bonds.